The lowest BCUT2D eigenvalue weighted by Gasteiger charge is -2.20. The second-order valence-corrected chi connectivity index (χ2v) is 6.42. The van der Waals surface area contributed by atoms with E-state index in [4.69, 9.17) is 9.47 Å². The lowest BCUT2D eigenvalue weighted by atomic mass is 9.84. The van der Waals surface area contributed by atoms with Gasteiger partial charge in [-0.05, 0) is 57.7 Å². The van der Waals surface area contributed by atoms with E-state index in [1.165, 1.54) is 12.8 Å². The zero-order valence-electron chi connectivity index (χ0n) is 13.3. The van der Waals surface area contributed by atoms with Crippen LogP contribution in [0.2, 0.25) is 0 Å². The lowest BCUT2D eigenvalue weighted by molar-refractivity contribution is -0.125. The highest BCUT2D eigenvalue weighted by Gasteiger charge is 2.39. The maximum atomic E-state index is 11.9. The minimum Gasteiger partial charge on any atom is -0.493 e. The summed E-state index contributed by atoms with van der Waals surface area (Å²) in [4.78, 5) is 11.9. The minimum atomic E-state index is -0.640. The first-order chi connectivity index (χ1) is 10.5. The van der Waals surface area contributed by atoms with Gasteiger partial charge in [0.15, 0.2) is 11.5 Å². The number of carbonyl (C=O) groups excluding carboxylic acids is 1. The van der Waals surface area contributed by atoms with E-state index in [1.807, 2.05) is 32.0 Å². The predicted molar refractivity (Wildman–Crippen MR) is 84.3 cm³/mol. The molecule has 118 valence electrons. The molecule has 0 aromatic heterocycles. The van der Waals surface area contributed by atoms with E-state index < -0.39 is 5.41 Å². The van der Waals surface area contributed by atoms with Gasteiger partial charge in [0.25, 0.3) is 5.91 Å². The van der Waals surface area contributed by atoms with Crippen LogP contribution in [0.5, 0.6) is 11.5 Å². The number of hydrogen-bond donors (Lipinski definition) is 1. The van der Waals surface area contributed by atoms with Crippen molar-refractivity contribution in [1.82, 2.24) is 5.43 Å². The third kappa shape index (κ3) is 2.56. The molecule has 0 bridgehead atoms. The molecule has 5 nitrogen and oxygen atoms in total. The normalized spacial score (nSPS) is 20.7. The SMILES string of the molecule is COc1ccc(C2=NNC(=O)C2(C)C)cc1OC1CCCC1. The van der Waals surface area contributed by atoms with Gasteiger partial charge in [0.05, 0.1) is 24.3 Å². The van der Waals surface area contributed by atoms with Crippen molar-refractivity contribution < 1.29 is 14.3 Å². The van der Waals surface area contributed by atoms with Gasteiger partial charge in [0.2, 0.25) is 0 Å². The fourth-order valence-corrected chi connectivity index (χ4v) is 3.02. The lowest BCUT2D eigenvalue weighted by Crippen LogP contribution is -2.32. The van der Waals surface area contributed by atoms with E-state index in [2.05, 4.69) is 10.5 Å². The molecule has 1 aliphatic carbocycles. The number of carbonyl (C=O) groups is 1. The van der Waals surface area contributed by atoms with Crippen molar-refractivity contribution in [1.29, 1.82) is 0 Å². The van der Waals surface area contributed by atoms with Crippen molar-refractivity contribution in [2.75, 3.05) is 7.11 Å². The van der Waals surface area contributed by atoms with Crippen LogP contribution in [0.1, 0.15) is 45.1 Å². The molecular formula is C17H22N2O3. The van der Waals surface area contributed by atoms with Gasteiger partial charge in [-0.3, -0.25) is 4.79 Å². The molecule has 1 N–H and O–H groups in total. The van der Waals surface area contributed by atoms with Crippen LogP contribution in [0.4, 0.5) is 0 Å². The molecule has 1 aliphatic heterocycles. The van der Waals surface area contributed by atoms with Gasteiger partial charge in [-0.15, -0.1) is 0 Å². The van der Waals surface area contributed by atoms with Gasteiger partial charge in [0, 0.05) is 5.56 Å². The summed E-state index contributed by atoms with van der Waals surface area (Å²) in [6.45, 7) is 3.74. The zero-order chi connectivity index (χ0) is 15.7. The second kappa shape index (κ2) is 5.63. The van der Waals surface area contributed by atoms with E-state index in [9.17, 15) is 4.79 Å². The van der Waals surface area contributed by atoms with Crippen LogP contribution >= 0.6 is 0 Å². The van der Waals surface area contributed by atoms with Crippen molar-refractivity contribution >= 4 is 11.6 Å². The Bertz CT molecular complexity index is 616. The van der Waals surface area contributed by atoms with Gasteiger partial charge in [-0.1, -0.05) is 0 Å². The van der Waals surface area contributed by atoms with Crippen molar-refractivity contribution in [3.8, 4) is 11.5 Å². The van der Waals surface area contributed by atoms with E-state index in [1.54, 1.807) is 7.11 Å². The molecule has 1 amide bonds. The van der Waals surface area contributed by atoms with Gasteiger partial charge in [-0.25, -0.2) is 5.43 Å². The Morgan fingerprint density at radius 3 is 2.55 bits per heavy atom. The molecule has 0 spiro atoms. The van der Waals surface area contributed by atoms with Gasteiger partial charge < -0.3 is 9.47 Å². The van der Waals surface area contributed by atoms with Gasteiger partial charge in [-0.2, -0.15) is 5.10 Å². The maximum Gasteiger partial charge on any atom is 0.251 e. The Morgan fingerprint density at radius 1 is 1.23 bits per heavy atom. The van der Waals surface area contributed by atoms with Crippen LogP contribution in [-0.4, -0.2) is 24.8 Å². The summed E-state index contributed by atoms with van der Waals surface area (Å²) in [6.07, 6.45) is 4.84. The first-order valence-electron chi connectivity index (χ1n) is 7.76. The third-order valence-electron chi connectivity index (χ3n) is 4.46. The molecule has 1 aromatic carbocycles. The number of ether oxygens (including phenoxy) is 2. The number of amides is 1. The standard InChI is InChI=1S/C17H22N2O3/c1-17(2)15(18-19-16(17)20)11-8-9-13(21-3)14(10-11)22-12-6-4-5-7-12/h8-10,12H,4-7H2,1-3H3,(H,19,20). The van der Waals surface area contributed by atoms with Gasteiger partial charge >= 0.3 is 0 Å². The molecule has 0 saturated heterocycles. The molecule has 0 atom stereocenters. The maximum absolute atomic E-state index is 11.9. The minimum absolute atomic E-state index is 0.0865. The first-order valence-corrected chi connectivity index (χ1v) is 7.76. The number of hydrogen-bond acceptors (Lipinski definition) is 4. The molecule has 22 heavy (non-hydrogen) atoms. The third-order valence-corrected chi connectivity index (χ3v) is 4.46. The van der Waals surface area contributed by atoms with E-state index in [0.29, 0.717) is 5.75 Å². The first kappa shape index (κ1) is 14.9. The topological polar surface area (TPSA) is 59.9 Å². The number of methoxy groups -OCH3 is 1. The highest BCUT2D eigenvalue weighted by Crippen LogP contribution is 2.35. The zero-order valence-corrected chi connectivity index (χ0v) is 13.3. The van der Waals surface area contributed by atoms with Gasteiger partial charge in [0.1, 0.15) is 0 Å². The van der Waals surface area contributed by atoms with Crippen molar-refractivity contribution in [3.63, 3.8) is 0 Å². The second-order valence-electron chi connectivity index (χ2n) is 6.42. The average molecular weight is 302 g/mol. The van der Waals surface area contributed by atoms with Crippen LogP contribution < -0.4 is 14.9 Å². The highest BCUT2D eigenvalue weighted by atomic mass is 16.5. The number of benzene rings is 1. The highest BCUT2D eigenvalue weighted by molar-refractivity contribution is 6.19. The van der Waals surface area contributed by atoms with Crippen molar-refractivity contribution in [2.24, 2.45) is 10.5 Å². The van der Waals surface area contributed by atoms with Crippen LogP contribution in [0, 0.1) is 5.41 Å². The molecule has 0 unspecified atom stereocenters. The summed E-state index contributed by atoms with van der Waals surface area (Å²) < 4.78 is 11.5. The molecule has 3 rings (SSSR count). The van der Waals surface area contributed by atoms with Crippen LogP contribution in [0.15, 0.2) is 23.3 Å². The Balaban J connectivity index is 1.91. The molecule has 1 fully saturated rings. The monoisotopic (exact) mass is 302 g/mol. The molecule has 1 saturated carbocycles. The largest absolute Gasteiger partial charge is 0.493 e. The molecule has 1 aromatic rings. The van der Waals surface area contributed by atoms with Crippen molar-refractivity contribution in [2.45, 2.75) is 45.6 Å². The van der Waals surface area contributed by atoms with Crippen LogP contribution in [0.3, 0.4) is 0 Å². The van der Waals surface area contributed by atoms with Crippen LogP contribution in [-0.2, 0) is 4.79 Å². The summed E-state index contributed by atoms with van der Waals surface area (Å²) in [6, 6.07) is 5.72. The Kier molecular flexibility index (Phi) is 3.81. The Labute approximate surface area is 130 Å². The fourth-order valence-electron chi connectivity index (χ4n) is 3.02. The smallest absolute Gasteiger partial charge is 0.251 e. The summed E-state index contributed by atoms with van der Waals surface area (Å²) in [5.41, 5.74) is 3.54. The predicted octanol–water partition coefficient (Wildman–Crippen LogP) is 2.88. The Hall–Kier alpha value is -2.04. The molecule has 5 heteroatoms. The van der Waals surface area contributed by atoms with Crippen molar-refractivity contribution in [3.05, 3.63) is 23.8 Å². The van der Waals surface area contributed by atoms with E-state index in [-0.39, 0.29) is 12.0 Å². The average Bonchev–Trinajstić information content (AvgIpc) is 3.08. The number of rotatable bonds is 4. The summed E-state index contributed by atoms with van der Waals surface area (Å²) in [5, 5.41) is 4.19. The number of hydrazone groups is 1. The number of nitrogens with zero attached hydrogens (tertiary/aromatic N) is 1. The van der Waals surface area contributed by atoms with E-state index >= 15 is 0 Å². The Morgan fingerprint density at radius 2 is 1.95 bits per heavy atom. The van der Waals surface area contributed by atoms with E-state index in [0.717, 1.165) is 29.9 Å². The quantitative estimate of drug-likeness (QED) is 0.930. The summed E-state index contributed by atoms with van der Waals surface area (Å²) >= 11 is 0. The molecule has 0 radical (unpaired) electrons. The number of nitrogens with one attached hydrogen (secondary N) is 1. The van der Waals surface area contributed by atoms with Crippen LogP contribution in [0.25, 0.3) is 0 Å². The summed E-state index contributed by atoms with van der Waals surface area (Å²) in [7, 11) is 1.64. The fraction of sp³-hybridized carbons (Fsp3) is 0.529. The molecular weight excluding hydrogens is 280 g/mol. The molecule has 2 aliphatic rings. The summed E-state index contributed by atoms with van der Waals surface area (Å²) in [5.74, 6) is 1.35. The molecule has 1 heterocycles.